The van der Waals surface area contributed by atoms with Gasteiger partial charge in [-0.1, -0.05) is 37.3 Å². The van der Waals surface area contributed by atoms with E-state index in [0.717, 1.165) is 5.56 Å². The van der Waals surface area contributed by atoms with Crippen LogP contribution in [0.15, 0.2) is 53.6 Å². The summed E-state index contributed by atoms with van der Waals surface area (Å²) in [6, 6.07) is 12.6. The molecule has 1 atom stereocenters. The molecule has 1 aromatic heterocycles. The normalized spacial score (nSPS) is 12.9. The van der Waals surface area contributed by atoms with E-state index in [1.165, 1.54) is 18.3 Å². The van der Waals surface area contributed by atoms with Crippen molar-refractivity contribution in [2.24, 2.45) is 5.84 Å². The molecule has 6 nitrogen and oxygen atoms in total. The number of aromatic nitrogens is 1. The molecule has 0 spiro atoms. The largest absolute Gasteiger partial charge is 0.308 e. The van der Waals surface area contributed by atoms with Crippen LogP contribution in [-0.4, -0.2) is 19.9 Å². The van der Waals surface area contributed by atoms with Gasteiger partial charge in [-0.3, -0.25) is 0 Å². The number of sulfonamides is 1. The second-order valence-electron chi connectivity index (χ2n) is 4.68. The lowest BCUT2D eigenvalue weighted by atomic mass is 10.0. The van der Waals surface area contributed by atoms with Crippen molar-refractivity contribution in [1.29, 1.82) is 0 Å². The van der Waals surface area contributed by atoms with Crippen molar-refractivity contribution in [1.82, 2.24) is 9.71 Å². The average molecular weight is 306 g/mol. The first-order chi connectivity index (χ1) is 10.0. The van der Waals surface area contributed by atoms with Crippen LogP contribution in [0.4, 0.5) is 5.82 Å². The molecule has 1 unspecified atom stereocenters. The molecule has 0 aliphatic carbocycles. The van der Waals surface area contributed by atoms with Crippen LogP contribution in [0.25, 0.3) is 0 Å². The number of pyridine rings is 1. The van der Waals surface area contributed by atoms with E-state index in [9.17, 15) is 8.42 Å². The Balaban J connectivity index is 2.07. The molecule has 21 heavy (non-hydrogen) atoms. The molecule has 2 aromatic rings. The van der Waals surface area contributed by atoms with Gasteiger partial charge < -0.3 is 5.43 Å². The Morgan fingerprint density at radius 1 is 1.24 bits per heavy atom. The van der Waals surface area contributed by atoms with Crippen molar-refractivity contribution >= 4 is 15.8 Å². The minimum atomic E-state index is -3.58. The number of hydrogen-bond donors (Lipinski definition) is 3. The summed E-state index contributed by atoms with van der Waals surface area (Å²) in [5, 5.41) is 0. The van der Waals surface area contributed by atoms with Crippen molar-refractivity contribution in [2.75, 3.05) is 12.0 Å². The van der Waals surface area contributed by atoms with Gasteiger partial charge >= 0.3 is 0 Å². The van der Waals surface area contributed by atoms with Gasteiger partial charge in [0, 0.05) is 18.8 Å². The standard InChI is InChI=1S/C14H18N4O2S/c1-11(12-5-3-2-4-6-12)10-17-21(19,20)13-7-8-16-14(9-13)18-15/h2-9,11,17H,10,15H2,1H3,(H,16,18). The number of benzene rings is 1. The van der Waals surface area contributed by atoms with E-state index in [1.807, 2.05) is 37.3 Å². The summed E-state index contributed by atoms with van der Waals surface area (Å²) >= 11 is 0. The maximum atomic E-state index is 12.2. The molecule has 0 aliphatic rings. The predicted octanol–water partition coefficient (Wildman–Crippen LogP) is 1.45. The molecule has 0 radical (unpaired) electrons. The average Bonchev–Trinajstić information content (AvgIpc) is 2.53. The molecular weight excluding hydrogens is 288 g/mol. The van der Waals surface area contributed by atoms with E-state index in [-0.39, 0.29) is 10.8 Å². The third kappa shape index (κ3) is 4.01. The molecule has 112 valence electrons. The molecular formula is C14H18N4O2S. The summed E-state index contributed by atoms with van der Waals surface area (Å²) in [4.78, 5) is 4.02. The van der Waals surface area contributed by atoms with Crippen molar-refractivity contribution in [2.45, 2.75) is 17.7 Å². The maximum absolute atomic E-state index is 12.2. The predicted molar refractivity (Wildman–Crippen MR) is 82.1 cm³/mol. The minimum Gasteiger partial charge on any atom is -0.308 e. The molecule has 7 heteroatoms. The zero-order valence-corrected chi connectivity index (χ0v) is 12.5. The molecule has 0 bridgehead atoms. The number of anilines is 1. The van der Waals surface area contributed by atoms with E-state index in [2.05, 4.69) is 15.1 Å². The van der Waals surface area contributed by atoms with Crippen molar-refractivity contribution in [3.8, 4) is 0 Å². The van der Waals surface area contributed by atoms with Gasteiger partial charge in [-0.2, -0.15) is 0 Å². The lowest BCUT2D eigenvalue weighted by molar-refractivity contribution is 0.575. The third-order valence-corrected chi connectivity index (χ3v) is 4.56. The molecule has 0 fully saturated rings. The van der Waals surface area contributed by atoms with Gasteiger partial charge in [-0.05, 0) is 17.5 Å². The molecule has 0 aliphatic heterocycles. The molecule has 2 rings (SSSR count). The molecule has 4 N–H and O–H groups in total. The number of nitrogens with two attached hydrogens (primary N) is 1. The number of nitrogens with one attached hydrogen (secondary N) is 2. The second-order valence-corrected chi connectivity index (χ2v) is 6.45. The second kappa shape index (κ2) is 6.66. The Morgan fingerprint density at radius 2 is 1.95 bits per heavy atom. The topological polar surface area (TPSA) is 97.1 Å². The monoisotopic (exact) mass is 306 g/mol. The summed E-state index contributed by atoms with van der Waals surface area (Å²) in [7, 11) is -3.58. The number of nitrogen functional groups attached to an aromatic ring is 1. The summed E-state index contributed by atoms with van der Waals surface area (Å²) in [6.07, 6.45) is 1.39. The van der Waals surface area contributed by atoms with E-state index >= 15 is 0 Å². The summed E-state index contributed by atoms with van der Waals surface area (Å²) < 4.78 is 27.1. The Kier molecular flexibility index (Phi) is 4.89. The van der Waals surface area contributed by atoms with Gasteiger partial charge in [-0.15, -0.1) is 0 Å². The van der Waals surface area contributed by atoms with Gasteiger partial charge in [0.25, 0.3) is 0 Å². The Labute approximate surface area is 124 Å². The molecule has 0 amide bonds. The Hall–Kier alpha value is -1.96. The van der Waals surface area contributed by atoms with Crippen molar-refractivity contribution in [3.05, 3.63) is 54.2 Å². The maximum Gasteiger partial charge on any atom is 0.240 e. The SMILES string of the molecule is CC(CNS(=O)(=O)c1ccnc(NN)c1)c1ccccc1. The van der Waals surface area contributed by atoms with E-state index < -0.39 is 10.0 Å². The summed E-state index contributed by atoms with van der Waals surface area (Å²) in [5.41, 5.74) is 3.41. The summed E-state index contributed by atoms with van der Waals surface area (Å²) in [6.45, 7) is 2.29. The van der Waals surface area contributed by atoms with Gasteiger partial charge in [0.2, 0.25) is 10.0 Å². The highest BCUT2D eigenvalue weighted by Crippen LogP contribution is 2.16. The van der Waals surface area contributed by atoms with Gasteiger partial charge in [0.1, 0.15) is 5.82 Å². The first-order valence-electron chi connectivity index (χ1n) is 6.50. The number of hydrazine groups is 1. The van der Waals surface area contributed by atoms with Crippen molar-refractivity contribution < 1.29 is 8.42 Å². The zero-order valence-electron chi connectivity index (χ0n) is 11.7. The van der Waals surface area contributed by atoms with Gasteiger partial charge in [0.05, 0.1) is 4.90 Å². The van der Waals surface area contributed by atoms with Crippen molar-refractivity contribution in [3.63, 3.8) is 0 Å². The number of hydrogen-bond acceptors (Lipinski definition) is 5. The summed E-state index contributed by atoms with van der Waals surface area (Å²) in [5.74, 6) is 5.61. The fraction of sp³-hybridized carbons (Fsp3) is 0.214. The fourth-order valence-electron chi connectivity index (χ4n) is 1.87. The number of rotatable bonds is 6. The van der Waals surface area contributed by atoms with E-state index in [0.29, 0.717) is 12.4 Å². The highest BCUT2D eigenvalue weighted by molar-refractivity contribution is 7.89. The van der Waals surface area contributed by atoms with Gasteiger partial charge in [0.15, 0.2) is 0 Å². The minimum absolute atomic E-state index is 0.0786. The van der Waals surface area contributed by atoms with Crippen LogP contribution >= 0.6 is 0 Å². The third-order valence-electron chi connectivity index (χ3n) is 3.14. The number of nitrogens with zero attached hydrogens (tertiary/aromatic N) is 1. The van der Waals surface area contributed by atoms with E-state index in [1.54, 1.807) is 0 Å². The van der Waals surface area contributed by atoms with Crippen LogP contribution in [-0.2, 0) is 10.0 Å². The lowest BCUT2D eigenvalue weighted by Gasteiger charge is -2.13. The van der Waals surface area contributed by atoms with Gasteiger partial charge in [-0.25, -0.2) is 24.0 Å². The first-order valence-corrected chi connectivity index (χ1v) is 7.98. The lowest BCUT2D eigenvalue weighted by Crippen LogP contribution is -2.28. The molecule has 1 heterocycles. The molecule has 0 saturated carbocycles. The fourth-order valence-corrected chi connectivity index (χ4v) is 3.02. The van der Waals surface area contributed by atoms with Crippen LogP contribution in [0.2, 0.25) is 0 Å². The van der Waals surface area contributed by atoms with Crippen LogP contribution in [0, 0.1) is 0 Å². The molecule has 0 saturated heterocycles. The highest BCUT2D eigenvalue weighted by Gasteiger charge is 2.16. The highest BCUT2D eigenvalue weighted by atomic mass is 32.2. The Morgan fingerprint density at radius 3 is 2.62 bits per heavy atom. The van der Waals surface area contributed by atoms with Crippen LogP contribution < -0.4 is 16.0 Å². The smallest absolute Gasteiger partial charge is 0.240 e. The first kappa shape index (κ1) is 15.4. The van der Waals surface area contributed by atoms with Crippen LogP contribution in [0.3, 0.4) is 0 Å². The quantitative estimate of drug-likeness (QED) is 0.554. The van der Waals surface area contributed by atoms with Crippen LogP contribution in [0.5, 0.6) is 0 Å². The molecule has 1 aromatic carbocycles. The zero-order chi connectivity index (χ0) is 15.3. The Bertz CT molecular complexity index is 689. The van der Waals surface area contributed by atoms with E-state index in [4.69, 9.17) is 5.84 Å². The van der Waals surface area contributed by atoms with Crippen LogP contribution in [0.1, 0.15) is 18.4 Å².